The summed E-state index contributed by atoms with van der Waals surface area (Å²) >= 11 is 6.59. The third-order valence-electron chi connectivity index (χ3n) is 8.09. The Bertz CT molecular complexity index is 1460. The third-order valence-corrected chi connectivity index (χ3v) is 8.40. The molecule has 2 saturated heterocycles. The number of carbonyl (C=O) groups excluding carboxylic acids is 1. The zero-order chi connectivity index (χ0) is 31.5. The van der Waals surface area contributed by atoms with Gasteiger partial charge >= 0.3 is 6.01 Å². The molecule has 10 nitrogen and oxygen atoms in total. The number of fused-ring (bicyclic) bond motifs is 2. The molecule has 0 bridgehead atoms. The van der Waals surface area contributed by atoms with Gasteiger partial charge in [0.2, 0.25) is 5.91 Å². The van der Waals surface area contributed by atoms with Gasteiger partial charge in [-0.3, -0.25) is 4.79 Å². The smallest absolute Gasteiger partial charge is 0.318 e. The van der Waals surface area contributed by atoms with Crippen LogP contribution >= 0.6 is 11.6 Å². The van der Waals surface area contributed by atoms with Crippen molar-refractivity contribution in [1.29, 1.82) is 5.26 Å². The molecule has 6 rings (SSSR count). The first kappa shape index (κ1) is 33.0. The van der Waals surface area contributed by atoms with Crippen LogP contribution in [0.3, 0.4) is 0 Å². The molecular formula is C33H43ClN8O2. The molecule has 11 heteroatoms. The van der Waals surface area contributed by atoms with Crippen LogP contribution in [0.15, 0.2) is 49.1 Å². The quantitative estimate of drug-likeness (QED) is 0.405. The minimum absolute atomic E-state index is 0.0265. The van der Waals surface area contributed by atoms with Crippen molar-refractivity contribution >= 4 is 39.8 Å². The molecule has 0 unspecified atom stereocenters. The van der Waals surface area contributed by atoms with Crippen molar-refractivity contribution in [3.63, 3.8) is 0 Å². The van der Waals surface area contributed by atoms with Gasteiger partial charge in [0, 0.05) is 69.4 Å². The van der Waals surface area contributed by atoms with E-state index in [1.165, 1.54) is 38.9 Å². The van der Waals surface area contributed by atoms with Gasteiger partial charge in [0.1, 0.15) is 5.82 Å². The summed E-state index contributed by atoms with van der Waals surface area (Å²) in [6.07, 6.45) is 4.95. The maximum absolute atomic E-state index is 12.0. The van der Waals surface area contributed by atoms with Gasteiger partial charge in [-0.05, 0) is 55.9 Å². The van der Waals surface area contributed by atoms with Crippen LogP contribution < -0.4 is 20.3 Å². The highest BCUT2D eigenvalue weighted by Gasteiger charge is 2.29. The van der Waals surface area contributed by atoms with Crippen LogP contribution in [-0.4, -0.2) is 91.7 Å². The summed E-state index contributed by atoms with van der Waals surface area (Å²) in [6.45, 7) is 13.7. The molecule has 0 radical (unpaired) electrons. The molecule has 2 fully saturated rings. The van der Waals surface area contributed by atoms with Crippen LogP contribution in [0.5, 0.6) is 6.01 Å². The lowest BCUT2D eigenvalue weighted by molar-refractivity contribution is -0.126. The second-order valence-electron chi connectivity index (χ2n) is 10.8. The van der Waals surface area contributed by atoms with Crippen LogP contribution in [0.4, 0.5) is 11.5 Å². The van der Waals surface area contributed by atoms with Crippen molar-refractivity contribution in [3.05, 3.63) is 65.3 Å². The number of halogens is 1. The molecule has 0 atom stereocenters. The lowest BCUT2D eigenvalue weighted by atomic mass is 10.0. The van der Waals surface area contributed by atoms with Crippen molar-refractivity contribution in [2.24, 2.45) is 5.73 Å². The number of amides is 1. The summed E-state index contributed by atoms with van der Waals surface area (Å²) < 4.78 is 5.45. The molecule has 1 amide bonds. The lowest BCUT2D eigenvalue weighted by Gasteiger charge is -2.38. The standard InChI is InChI=1S/C25H26ClN5O2.C6H14N2.C2H3N/c1-3-22(32)29-12-14-30(15-13-29)24-18-10-11-31(16-20(18)27-25(28-24)33-2)21-9-5-7-17-6-4-8-19(26)23(17)21;7-3-6-8-4-1-2-5-8;1-2-3/h3-9H,1,10-16H2,2H3;1-7H2;1H3. The molecule has 3 aliphatic rings. The zero-order valence-corrected chi connectivity index (χ0v) is 26.6. The van der Waals surface area contributed by atoms with Gasteiger partial charge in [-0.25, -0.2) is 0 Å². The maximum Gasteiger partial charge on any atom is 0.318 e. The normalized spacial score (nSPS) is 16.2. The fraction of sp³-hybridized carbons (Fsp3) is 0.455. The summed E-state index contributed by atoms with van der Waals surface area (Å²) in [5.74, 6) is 0.888. The summed E-state index contributed by atoms with van der Waals surface area (Å²) in [4.78, 5) is 30.2. The predicted octanol–water partition coefficient (Wildman–Crippen LogP) is 4.26. The van der Waals surface area contributed by atoms with Crippen LogP contribution in [0.1, 0.15) is 31.0 Å². The van der Waals surface area contributed by atoms with Gasteiger partial charge in [-0.1, -0.05) is 42.4 Å². The van der Waals surface area contributed by atoms with E-state index in [2.05, 4.69) is 45.5 Å². The molecule has 1 aromatic heterocycles. The number of methoxy groups -OCH3 is 1. The van der Waals surface area contributed by atoms with E-state index in [9.17, 15) is 4.79 Å². The first-order chi connectivity index (χ1) is 21.4. The number of hydrogen-bond donors (Lipinski definition) is 1. The Morgan fingerprint density at radius 3 is 2.39 bits per heavy atom. The Kier molecular flexibility index (Phi) is 12.2. The van der Waals surface area contributed by atoms with Crippen LogP contribution in [-0.2, 0) is 17.8 Å². The Labute approximate surface area is 265 Å². The van der Waals surface area contributed by atoms with E-state index in [-0.39, 0.29) is 5.91 Å². The van der Waals surface area contributed by atoms with E-state index < -0.39 is 0 Å². The molecule has 234 valence electrons. The second-order valence-corrected chi connectivity index (χ2v) is 11.2. The van der Waals surface area contributed by atoms with Crippen LogP contribution in [0, 0.1) is 11.3 Å². The molecule has 44 heavy (non-hydrogen) atoms. The maximum atomic E-state index is 12.0. The summed E-state index contributed by atoms with van der Waals surface area (Å²) in [7, 11) is 1.59. The van der Waals surface area contributed by atoms with Gasteiger partial charge in [0.05, 0.1) is 30.4 Å². The highest BCUT2D eigenvalue weighted by Crippen LogP contribution is 2.37. The number of piperazine rings is 1. The number of rotatable bonds is 6. The number of aromatic nitrogens is 2. The fourth-order valence-corrected chi connectivity index (χ4v) is 6.22. The van der Waals surface area contributed by atoms with E-state index in [4.69, 9.17) is 37.3 Å². The van der Waals surface area contributed by atoms with Crippen LogP contribution in [0.25, 0.3) is 10.8 Å². The number of carbonyl (C=O) groups is 1. The topological polar surface area (TPSA) is 115 Å². The molecule has 2 aromatic carbocycles. The Hall–Kier alpha value is -3.91. The van der Waals surface area contributed by atoms with E-state index >= 15 is 0 Å². The van der Waals surface area contributed by atoms with Crippen molar-refractivity contribution < 1.29 is 9.53 Å². The second kappa shape index (κ2) is 16.2. The summed E-state index contributed by atoms with van der Waals surface area (Å²) in [6, 6.07) is 14.4. The fourth-order valence-electron chi connectivity index (χ4n) is 5.94. The Balaban J connectivity index is 0.000000342. The molecule has 0 saturated carbocycles. The number of nitrogens with two attached hydrogens (primary N) is 1. The Morgan fingerprint density at radius 2 is 1.75 bits per heavy atom. The van der Waals surface area contributed by atoms with Crippen molar-refractivity contribution in [1.82, 2.24) is 19.8 Å². The Morgan fingerprint density at radius 1 is 1.07 bits per heavy atom. The minimum Gasteiger partial charge on any atom is -0.467 e. The van der Waals surface area contributed by atoms with Crippen molar-refractivity contribution in [2.75, 3.05) is 75.8 Å². The molecule has 3 aliphatic heterocycles. The first-order valence-corrected chi connectivity index (χ1v) is 15.6. The zero-order valence-electron chi connectivity index (χ0n) is 25.8. The number of likely N-dealkylation sites (tertiary alicyclic amines) is 1. The van der Waals surface area contributed by atoms with E-state index in [0.29, 0.717) is 25.6 Å². The summed E-state index contributed by atoms with van der Waals surface area (Å²) in [5.41, 5.74) is 8.60. The van der Waals surface area contributed by atoms with Gasteiger partial charge in [-0.2, -0.15) is 15.2 Å². The number of anilines is 2. The van der Waals surface area contributed by atoms with Gasteiger partial charge in [0.25, 0.3) is 0 Å². The summed E-state index contributed by atoms with van der Waals surface area (Å²) in [5, 5.41) is 10.3. The van der Waals surface area contributed by atoms with E-state index in [1.807, 2.05) is 17.0 Å². The first-order valence-electron chi connectivity index (χ1n) is 15.2. The lowest BCUT2D eigenvalue weighted by Crippen LogP contribution is -2.49. The molecule has 0 aliphatic carbocycles. The molecule has 4 heterocycles. The number of nitriles is 1. The number of hydrogen-bond acceptors (Lipinski definition) is 9. The van der Waals surface area contributed by atoms with Gasteiger partial charge < -0.3 is 30.1 Å². The van der Waals surface area contributed by atoms with Gasteiger partial charge in [0.15, 0.2) is 0 Å². The van der Waals surface area contributed by atoms with E-state index in [0.717, 1.165) is 77.7 Å². The average Bonchev–Trinajstić information content (AvgIpc) is 3.58. The van der Waals surface area contributed by atoms with Crippen molar-refractivity contribution in [2.45, 2.75) is 32.7 Å². The molecule has 3 aromatic rings. The predicted molar refractivity (Wildman–Crippen MR) is 177 cm³/mol. The monoisotopic (exact) mass is 618 g/mol. The SMILES string of the molecule is C=CC(=O)N1CCN(c2nc(OC)nc3c2CCN(c2cccc4cccc(Cl)c24)C3)CC1.CC#N.NCCN1CCCC1. The minimum atomic E-state index is -0.0265. The third kappa shape index (κ3) is 7.97. The highest BCUT2D eigenvalue weighted by molar-refractivity contribution is 6.36. The number of ether oxygens (including phenoxy) is 1. The average molecular weight is 619 g/mol. The number of benzene rings is 2. The van der Waals surface area contributed by atoms with Gasteiger partial charge in [-0.15, -0.1) is 0 Å². The highest BCUT2D eigenvalue weighted by atomic mass is 35.5. The molecule has 2 N–H and O–H groups in total. The molecular weight excluding hydrogens is 576 g/mol. The van der Waals surface area contributed by atoms with Crippen LogP contribution in [0.2, 0.25) is 5.02 Å². The number of nitrogens with zero attached hydrogens (tertiary/aromatic N) is 7. The van der Waals surface area contributed by atoms with E-state index in [1.54, 1.807) is 13.2 Å². The van der Waals surface area contributed by atoms with Crippen molar-refractivity contribution in [3.8, 4) is 12.1 Å². The largest absolute Gasteiger partial charge is 0.467 e. The molecule has 0 spiro atoms.